The van der Waals surface area contributed by atoms with Gasteiger partial charge in [0.2, 0.25) is 0 Å². The molecule has 1 unspecified atom stereocenters. The van der Waals surface area contributed by atoms with Crippen molar-refractivity contribution >= 4 is 11.6 Å². The molecule has 0 aromatic heterocycles. The highest BCUT2D eigenvalue weighted by Gasteiger charge is 2.03. The van der Waals surface area contributed by atoms with E-state index in [2.05, 4.69) is 24.4 Å². The molecule has 0 bridgehead atoms. The fourth-order valence-corrected chi connectivity index (χ4v) is 1.91. The molecule has 2 aromatic rings. The number of hydrogen-bond donors (Lipinski definition) is 1. The van der Waals surface area contributed by atoms with E-state index in [4.69, 9.17) is 16.3 Å². The van der Waals surface area contributed by atoms with Crippen LogP contribution in [0.15, 0.2) is 48.5 Å². The Balaban J connectivity index is 2.01. The first-order valence-corrected chi connectivity index (χ1v) is 6.71. The molecule has 2 nitrogen and oxygen atoms in total. The zero-order valence-corrected chi connectivity index (χ0v) is 11.9. The Hall–Kier alpha value is -1.51. The Kier molecular flexibility index (Phi) is 4.83. The molecule has 0 aliphatic rings. The van der Waals surface area contributed by atoms with Crippen LogP contribution in [0.5, 0.6) is 5.75 Å². The Morgan fingerprint density at radius 1 is 1.16 bits per heavy atom. The van der Waals surface area contributed by atoms with Crippen LogP contribution < -0.4 is 10.1 Å². The second kappa shape index (κ2) is 6.60. The molecule has 0 radical (unpaired) electrons. The van der Waals surface area contributed by atoms with Gasteiger partial charge in [0.05, 0.1) is 0 Å². The molecule has 3 heteroatoms. The highest BCUT2D eigenvalue weighted by molar-refractivity contribution is 6.30. The number of rotatable bonds is 5. The van der Waals surface area contributed by atoms with E-state index in [0.29, 0.717) is 12.6 Å². The third kappa shape index (κ3) is 3.98. The highest BCUT2D eigenvalue weighted by Crippen LogP contribution is 2.20. The fraction of sp³-hybridized carbons (Fsp3) is 0.250. The molecule has 2 aromatic carbocycles. The summed E-state index contributed by atoms with van der Waals surface area (Å²) in [5.74, 6) is 0.884. The summed E-state index contributed by atoms with van der Waals surface area (Å²) >= 11 is 5.85. The molecule has 0 saturated heterocycles. The molecule has 0 saturated carbocycles. The Morgan fingerprint density at radius 3 is 2.58 bits per heavy atom. The number of halogens is 1. The molecule has 2 rings (SSSR count). The van der Waals surface area contributed by atoms with Crippen LogP contribution in [0.2, 0.25) is 5.02 Å². The van der Waals surface area contributed by atoms with Crippen LogP contribution >= 0.6 is 11.6 Å². The van der Waals surface area contributed by atoms with Crippen molar-refractivity contribution in [2.45, 2.75) is 19.6 Å². The summed E-state index contributed by atoms with van der Waals surface area (Å²) in [5, 5.41) is 3.96. The average molecular weight is 276 g/mol. The third-order valence-electron chi connectivity index (χ3n) is 3.11. The molecule has 0 fully saturated rings. The Labute approximate surface area is 119 Å². The minimum atomic E-state index is 0.319. The van der Waals surface area contributed by atoms with Crippen molar-refractivity contribution in [3.63, 3.8) is 0 Å². The zero-order valence-electron chi connectivity index (χ0n) is 11.2. The van der Waals surface area contributed by atoms with Crippen LogP contribution in [0.4, 0.5) is 0 Å². The van der Waals surface area contributed by atoms with E-state index in [0.717, 1.165) is 16.3 Å². The number of hydrogen-bond acceptors (Lipinski definition) is 2. The number of ether oxygens (including phenoxy) is 1. The van der Waals surface area contributed by atoms with Crippen molar-refractivity contribution in [2.75, 3.05) is 7.05 Å². The lowest BCUT2D eigenvalue weighted by Crippen LogP contribution is -2.12. The van der Waals surface area contributed by atoms with Crippen LogP contribution in [-0.2, 0) is 6.61 Å². The van der Waals surface area contributed by atoms with E-state index in [1.807, 2.05) is 43.4 Å². The topological polar surface area (TPSA) is 21.3 Å². The van der Waals surface area contributed by atoms with Crippen molar-refractivity contribution in [1.29, 1.82) is 0 Å². The van der Waals surface area contributed by atoms with Crippen molar-refractivity contribution < 1.29 is 4.74 Å². The van der Waals surface area contributed by atoms with Crippen LogP contribution in [0.3, 0.4) is 0 Å². The van der Waals surface area contributed by atoms with Crippen LogP contribution in [0, 0.1) is 0 Å². The van der Waals surface area contributed by atoms with E-state index < -0.39 is 0 Å². The van der Waals surface area contributed by atoms with Gasteiger partial charge < -0.3 is 10.1 Å². The zero-order chi connectivity index (χ0) is 13.7. The van der Waals surface area contributed by atoms with E-state index in [1.54, 1.807) is 0 Å². The van der Waals surface area contributed by atoms with Gasteiger partial charge in [-0.2, -0.15) is 0 Å². The van der Waals surface area contributed by atoms with Gasteiger partial charge in [-0.3, -0.25) is 0 Å². The summed E-state index contributed by atoms with van der Waals surface area (Å²) < 4.78 is 5.80. The van der Waals surface area contributed by atoms with E-state index in [-0.39, 0.29) is 0 Å². The van der Waals surface area contributed by atoms with Gasteiger partial charge in [-0.05, 0) is 49.4 Å². The molecule has 0 spiro atoms. The predicted molar refractivity (Wildman–Crippen MR) is 79.7 cm³/mol. The van der Waals surface area contributed by atoms with Crippen molar-refractivity contribution in [1.82, 2.24) is 5.32 Å². The van der Waals surface area contributed by atoms with Crippen molar-refractivity contribution in [2.24, 2.45) is 0 Å². The van der Waals surface area contributed by atoms with Crippen molar-refractivity contribution in [3.05, 3.63) is 64.7 Å². The summed E-state index contributed by atoms with van der Waals surface area (Å²) in [7, 11) is 1.95. The Bertz CT molecular complexity index is 525. The largest absolute Gasteiger partial charge is 0.489 e. The van der Waals surface area contributed by atoms with Crippen LogP contribution in [0.1, 0.15) is 24.1 Å². The molecule has 0 heterocycles. The number of benzene rings is 2. The standard InChI is InChI=1S/C16H18ClNO/c1-12(18-2)14-4-3-5-16(10-14)19-11-13-6-8-15(17)9-7-13/h3-10,12,18H,11H2,1-2H3. The minimum Gasteiger partial charge on any atom is -0.489 e. The predicted octanol–water partition coefficient (Wildman–Crippen LogP) is 4.20. The summed E-state index contributed by atoms with van der Waals surface area (Å²) in [6, 6.07) is 16.2. The van der Waals surface area contributed by atoms with Gasteiger partial charge in [0, 0.05) is 11.1 Å². The molecule has 1 N–H and O–H groups in total. The third-order valence-corrected chi connectivity index (χ3v) is 3.36. The molecular formula is C16H18ClNO. The van der Waals surface area contributed by atoms with Crippen molar-refractivity contribution in [3.8, 4) is 5.75 Å². The first-order valence-electron chi connectivity index (χ1n) is 6.33. The molecule has 0 amide bonds. The quantitative estimate of drug-likeness (QED) is 0.883. The Morgan fingerprint density at radius 2 is 1.89 bits per heavy atom. The van der Waals surface area contributed by atoms with Crippen LogP contribution in [-0.4, -0.2) is 7.05 Å². The van der Waals surface area contributed by atoms with Gasteiger partial charge in [0.25, 0.3) is 0 Å². The van der Waals surface area contributed by atoms with Gasteiger partial charge in [0.15, 0.2) is 0 Å². The molecule has 1 atom stereocenters. The molecule has 19 heavy (non-hydrogen) atoms. The average Bonchev–Trinajstić information content (AvgIpc) is 2.46. The van der Waals surface area contributed by atoms with Gasteiger partial charge in [-0.1, -0.05) is 35.9 Å². The lowest BCUT2D eigenvalue weighted by atomic mass is 10.1. The van der Waals surface area contributed by atoms with Crippen LogP contribution in [0.25, 0.3) is 0 Å². The minimum absolute atomic E-state index is 0.319. The van der Waals surface area contributed by atoms with Gasteiger partial charge in [-0.15, -0.1) is 0 Å². The lowest BCUT2D eigenvalue weighted by molar-refractivity contribution is 0.305. The van der Waals surface area contributed by atoms with E-state index in [9.17, 15) is 0 Å². The summed E-state index contributed by atoms with van der Waals surface area (Å²) in [4.78, 5) is 0. The molecule has 0 aliphatic heterocycles. The first-order chi connectivity index (χ1) is 9.19. The SMILES string of the molecule is CNC(C)c1cccc(OCc2ccc(Cl)cc2)c1. The van der Waals surface area contributed by atoms with Gasteiger partial charge >= 0.3 is 0 Å². The van der Waals surface area contributed by atoms with E-state index in [1.165, 1.54) is 5.56 Å². The fourth-order valence-electron chi connectivity index (χ4n) is 1.79. The maximum atomic E-state index is 5.85. The van der Waals surface area contributed by atoms with E-state index >= 15 is 0 Å². The second-order valence-electron chi connectivity index (χ2n) is 4.50. The summed E-state index contributed by atoms with van der Waals surface area (Å²) in [6.45, 7) is 2.67. The highest BCUT2D eigenvalue weighted by atomic mass is 35.5. The lowest BCUT2D eigenvalue weighted by Gasteiger charge is -2.12. The monoisotopic (exact) mass is 275 g/mol. The summed E-state index contributed by atoms with van der Waals surface area (Å²) in [5.41, 5.74) is 2.33. The normalized spacial score (nSPS) is 12.2. The van der Waals surface area contributed by atoms with Gasteiger partial charge in [0.1, 0.15) is 12.4 Å². The molecular weight excluding hydrogens is 258 g/mol. The molecule has 0 aliphatic carbocycles. The molecule has 100 valence electrons. The first kappa shape index (κ1) is 13.9. The summed E-state index contributed by atoms with van der Waals surface area (Å²) in [6.07, 6.45) is 0. The smallest absolute Gasteiger partial charge is 0.120 e. The second-order valence-corrected chi connectivity index (χ2v) is 4.93. The maximum absolute atomic E-state index is 5.85. The maximum Gasteiger partial charge on any atom is 0.120 e. The van der Waals surface area contributed by atoms with Gasteiger partial charge in [-0.25, -0.2) is 0 Å². The number of nitrogens with one attached hydrogen (secondary N) is 1.